The normalized spacial score (nSPS) is 11.2. The molecule has 0 aliphatic rings. The lowest BCUT2D eigenvalue weighted by atomic mass is 9.72. The Bertz CT molecular complexity index is 1400. The van der Waals surface area contributed by atoms with Gasteiger partial charge >= 0.3 is 0 Å². The van der Waals surface area contributed by atoms with Crippen LogP contribution in [0.2, 0.25) is 0 Å². The van der Waals surface area contributed by atoms with Crippen LogP contribution >= 0.6 is 12.4 Å². The lowest BCUT2D eigenvalue weighted by Crippen LogP contribution is -2.27. The molecule has 5 aromatic rings. The summed E-state index contributed by atoms with van der Waals surface area (Å²) in [5.41, 5.74) is 2.79. The van der Waals surface area contributed by atoms with Crippen LogP contribution < -0.4 is 5.32 Å². The Morgan fingerprint density at radius 1 is 0.657 bits per heavy atom. The summed E-state index contributed by atoms with van der Waals surface area (Å²) in [6.07, 6.45) is 1.67. The molecule has 0 aliphatic carbocycles. The highest BCUT2D eigenvalue weighted by atomic mass is 35.5. The molecule has 3 heteroatoms. The Kier molecular flexibility index (Phi) is 7.83. The Labute approximate surface area is 213 Å². The minimum absolute atomic E-state index is 0. The zero-order valence-electron chi connectivity index (χ0n) is 19.7. The van der Waals surface area contributed by atoms with Crippen molar-refractivity contribution in [3.05, 3.63) is 132 Å². The van der Waals surface area contributed by atoms with Crippen LogP contribution in [0.15, 0.2) is 115 Å². The fourth-order valence-electron chi connectivity index (χ4n) is 5.07. The Balaban J connectivity index is 0.00000289. The van der Waals surface area contributed by atoms with E-state index < -0.39 is 5.41 Å². The summed E-state index contributed by atoms with van der Waals surface area (Å²) in [5, 5.41) is 19.2. The Morgan fingerprint density at radius 3 is 1.83 bits per heavy atom. The van der Waals surface area contributed by atoms with Crippen LogP contribution in [0.4, 0.5) is 0 Å². The van der Waals surface area contributed by atoms with Gasteiger partial charge in [0.15, 0.2) is 0 Å². The second kappa shape index (κ2) is 11.2. The Morgan fingerprint density at radius 2 is 1.20 bits per heavy atom. The van der Waals surface area contributed by atoms with Crippen molar-refractivity contribution in [2.24, 2.45) is 0 Å². The number of benzene rings is 5. The first-order chi connectivity index (χ1) is 16.8. The third-order valence-electron chi connectivity index (χ3n) is 6.80. The van der Waals surface area contributed by atoms with E-state index in [0.717, 1.165) is 37.1 Å². The number of nitrogens with zero attached hydrogens (tertiary/aromatic N) is 1. The van der Waals surface area contributed by atoms with E-state index in [4.69, 9.17) is 0 Å². The van der Waals surface area contributed by atoms with Gasteiger partial charge in [0.2, 0.25) is 0 Å². The molecule has 5 aromatic carbocycles. The molecule has 0 heterocycles. The van der Waals surface area contributed by atoms with E-state index >= 15 is 0 Å². The van der Waals surface area contributed by atoms with Crippen molar-refractivity contribution in [3.63, 3.8) is 0 Å². The van der Waals surface area contributed by atoms with E-state index in [9.17, 15) is 5.26 Å². The average molecular weight is 477 g/mol. The second-order valence-electron chi connectivity index (χ2n) is 8.83. The molecule has 5 rings (SSSR count). The van der Waals surface area contributed by atoms with E-state index in [2.05, 4.69) is 90.2 Å². The molecule has 2 nitrogen and oxygen atoms in total. The molecule has 0 aromatic heterocycles. The van der Waals surface area contributed by atoms with Crippen LogP contribution in [0.1, 0.15) is 29.5 Å². The number of nitriles is 1. The monoisotopic (exact) mass is 476 g/mol. The SMILES string of the molecule is Cl.N#CC(CCCNCc1cc2ccccc2c2ccccc12)(c1ccccc1)c1ccccc1. The summed E-state index contributed by atoms with van der Waals surface area (Å²) in [4.78, 5) is 0. The van der Waals surface area contributed by atoms with Crippen molar-refractivity contribution in [2.45, 2.75) is 24.8 Å². The number of nitrogens with one attached hydrogen (secondary N) is 1. The molecule has 0 atom stereocenters. The largest absolute Gasteiger partial charge is 0.313 e. The van der Waals surface area contributed by atoms with Gasteiger partial charge in [-0.1, -0.05) is 109 Å². The molecule has 0 bridgehead atoms. The maximum atomic E-state index is 10.4. The van der Waals surface area contributed by atoms with Gasteiger partial charge in [-0.05, 0) is 63.7 Å². The van der Waals surface area contributed by atoms with Crippen LogP contribution in [0.25, 0.3) is 21.5 Å². The number of hydrogen-bond donors (Lipinski definition) is 1. The maximum Gasteiger partial charge on any atom is 0.107 e. The third-order valence-corrected chi connectivity index (χ3v) is 6.80. The number of rotatable bonds is 8. The van der Waals surface area contributed by atoms with Gasteiger partial charge in [0.25, 0.3) is 0 Å². The molecule has 1 N–H and O–H groups in total. The topological polar surface area (TPSA) is 35.8 Å². The van der Waals surface area contributed by atoms with Crippen LogP contribution in [-0.4, -0.2) is 6.54 Å². The van der Waals surface area contributed by atoms with Crippen molar-refractivity contribution in [3.8, 4) is 6.07 Å². The summed E-state index contributed by atoms with van der Waals surface area (Å²) in [7, 11) is 0. The highest BCUT2D eigenvalue weighted by Crippen LogP contribution is 2.36. The van der Waals surface area contributed by atoms with Gasteiger partial charge in [0.1, 0.15) is 5.41 Å². The predicted octanol–water partition coefficient (Wildman–Crippen LogP) is 7.79. The van der Waals surface area contributed by atoms with Crippen molar-refractivity contribution in [2.75, 3.05) is 6.54 Å². The number of halogens is 1. The standard InChI is InChI=1S/C32H28N2.ClH/c33-24-32(27-13-3-1-4-14-27,28-15-5-2-6-16-28)20-11-21-34-23-26-22-25-12-7-8-17-29(25)31-19-10-9-18-30(26)31;/h1-10,12-19,22,34H,11,20-21,23H2;1H. The zero-order chi connectivity index (χ0) is 23.2. The maximum absolute atomic E-state index is 10.4. The minimum Gasteiger partial charge on any atom is -0.313 e. The first kappa shape index (κ1) is 24.5. The van der Waals surface area contributed by atoms with E-state index in [0.29, 0.717) is 0 Å². The fraction of sp³-hybridized carbons (Fsp3) is 0.156. The van der Waals surface area contributed by atoms with Crippen molar-refractivity contribution < 1.29 is 0 Å². The van der Waals surface area contributed by atoms with Gasteiger partial charge in [-0.15, -0.1) is 12.4 Å². The van der Waals surface area contributed by atoms with Gasteiger partial charge in [0.05, 0.1) is 6.07 Å². The number of hydrogen-bond acceptors (Lipinski definition) is 2. The molecule has 0 unspecified atom stereocenters. The highest BCUT2D eigenvalue weighted by Gasteiger charge is 2.33. The summed E-state index contributed by atoms with van der Waals surface area (Å²) in [5.74, 6) is 0. The van der Waals surface area contributed by atoms with Crippen molar-refractivity contribution >= 4 is 34.0 Å². The van der Waals surface area contributed by atoms with E-state index in [-0.39, 0.29) is 12.4 Å². The molecule has 174 valence electrons. The van der Waals surface area contributed by atoms with Crippen LogP contribution in [0.5, 0.6) is 0 Å². The summed E-state index contributed by atoms with van der Waals surface area (Å²) in [6, 6.07) is 42.6. The molecule has 0 saturated heterocycles. The first-order valence-corrected chi connectivity index (χ1v) is 11.9. The van der Waals surface area contributed by atoms with Gasteiger partial charge in [-0.25, -0.2) is 0 Å². The molecule has 0 radical (unpaired) electrons. The number of fused-ring (bicyclic) bond motifs is 3. The summed E-state index contributed by atoms with van der Waals surface area (Å²) < 4.78 is 0. The van der Waals surface area contributed by atoms with Gasteiger partial charge < -0.3 is 5.32 Å². The lowest BCUT2D eigenvalue weighted by molar-refractivity contribution is 0.532. The molecule has 0 amide bonds. The van der Waals surface area contributed by atoms with E-state index in [1.165, 1.54) is 27.1 Å². The molecule has 0 fully saturated rings. The molecular formula is C32H29ClN2. The van der Waals surface area contributed by atoms with Crippen molar-refractivity contribution in [1.29, 1.82) is 5.26 Å². The van der Waals surface area contributed by atoms with E-state index in [1.807, 2.05) is 36.4 Å². The van der Waals surface area contributed by atoms with Crippen LogP contribution in [0.3, 0.4) is 0 Å². The zero-order valence-corrected chi connectivity index (χ0v) is 20.5. The lowest BCUT2D eigenvalue weighted by Gasteiger charge is -2.28. The van der Waals surface area contributed by atoms with E-state index in [1.54, 1.807) is 0 Å². The predicted molar refractivity (Wildman–Crippen MR) is 149 cm³/mol. The molecule has 35 heavy (non-hydrogen) atoms. The van der Waals surface area contributed by atoms with Crippen molar-refractivity contribution in [1.82, 2.24) is 5.32 Å². The van der Waals surface area contributed by atoms with Gasteiger partial charge in [0, 0.05) is 6.54 Å². The first-order valence-electron chi connectivity index (χ1n) is 11.9. The Hall–Kier alpha value is -3.64. The smallest absolute Gasteiger partial charge is 0.107 e. The van der Waals surface area contributed by atoms with Crippen LogP contribution in [0, 0.1) is 11.3 Å². The molecule has 0 spiro atoms. The average Bonchev–Trinajstić information content (AvgIpc) is 2.92. The molecular weight excluding hydrogens is 448 g/mol. The summed E-state index contributed by atoms with van der Waals surface area (Å²) in [6.45, 7) is 1.66. The van der Waals surface area contributed by atoms with Crippen LogP contribution in [-0.2, 0) is 12.0 Å². The molecule has 0 saturated carbocycles. The third kappa shape index (κ3) is 4.93. The quantitative estimate of drug-likeness (QED) is 0.183. The fourth-order valence-corrected chi connectivity index (χ4v) is 5.07. The molecule has 0 aliphatic heterocycles. The second-order valence-corrected chi connectivity index (χ2v) is 8.83. The highest BCUT2D eigenvalue weighted by molar-refractivity contribution is 6.08. The minimum atomic E-state index is -0.639. The van der Waals surface area contributed by atoms with Gasteiger partial charge in [-0.3, -0.25) is 0 Å². The summed E-state index contributed by atoms with van der Waals surface area (Å²) >= 11 is 0. The van der Waals surface area contributed by atoms with Gasteiger partial charge in [-0.2, -0.15) is 5.26 Å².